The second kappa shape index (κ2) is 5.71. The molecule has 1 aliphatic carbocycles. The van der Waals surface area contributed by atoms with Gasteiger partial charge in [-0.15, -0.1) is 5.10 Å². The molecule has 4 N–H and O–H groups in total. The van der Waals surface area contributed by atoms with Crippen LogP contribution in [0.25, 0.3) is 11.4 Å². The van der Waals surface area contributed by atoms with E-state index in [2.05, 4.69) is 22.4 Å². The topological polar surface area (TPSA) is 95.6 Å². The number of anilines is 2. The lowest BCUT2D eigenvalue weighted by Crippen LogP contribution is -2.18. The number of nitrogens with zero attached hydrogens (tertiary/aromatic N) is 4. The molecule has 0 spiro atoms. The molecule has 0 saturated heterocycles. The number of rotatable bonds is 2. The fourth-order valence-corrected chi connectivity index (χ4v) is 3.25. The molecule has 2 unspecified atom stereocenters. The van der Waals surface area contributed by atoms with Crippen molar-refractivity contribution in [3.05, 3.63) is 18.2 Å². The van der Waals surface area contributed by atoms with Crippen LogP contribution in [-0.4, -0.2) is 20.2 Å². The molecule has 6 nitrogen and oxygen atoms in total. The van der Waals surface area contributed by atoms with Crippen molar-refractivity contribution in [2.45, 2.75) is 45.1 Å². The monoisotopic (exact) mass is 286 g/mol. The van der Waals surface area contributed by atoms with E-state index in [1.807, 2.05) is 16.8 Å². The number of tetrazole rings is 1. The first-order valence-electron chi connectivity index (χ1n) is 7.59. The fourth-order valence-electron chi connectivity index (χ4n) is 3.25. The van der Waals surface area contributed by atoms with Gasteiger partial charge in [0.15, 0.2) is 5.82 Å². The zero-order valence-electron chi connectivity index (χ0n) is 12.4. The van der Waals surface area contributed by atoms with E-state index in [1.54, 1.807) is 6.07 Å². The summed E-state index contributed by atoms with van der Waals surface area (Å²) in [6.45, 7) is 2.29. The van der Waals surface area contributed by atoms with Crippen LogP contribution < -0.4 is 11.5 Å². The van der Waals surface area contributed by atoms with Gasteiger partial charge in [-0.05, 0) is 47.4 Å². The Labute approximate surface area is 124 Å². The van der Waals surface area contributed by atoms with Crippen molar-refractivity contribution in [2.75, 3.05) is 11.5 Å². The molecule has 1 aromatic carbocycles. The van der Waals surface area contributed by atoms with Crippen molar-refractivity contribution in [3.8, 4) is 11.4 Å². The van der Waals surface area contributed by atoms with Gasteiger partial charge in [0.2, 0.25) is 0 Å². The van der Waals surface area contributed by atoms with Crippen molar-refractivity contribution in [2.24, 2.45) is 5.92 Å². The number of nitrogen functional groups attached to an aromatic ring is 2. The van der Waals surface area contributed by atoms with E-state index in [1.165, 1.54) is 25.7 Å². The number of nitrogens with two attached hydrogens (primary N) is 2. The standard InChI is InChI=1S/C15H22N6/c1-10-5-3-2-4-6-14(10)21-15(18-19-20-21)11-7-12(16)9-13(17)8-11/h7-10,14H,2-6,16-17H2,1H3. The van der Waals surface area contributed by atoms with Crippen LogP contribution in [0, 0.1) is 5.92 Å². The Morgan fingerprint density at radius 3 is 2.52 bits per heavy atom. The van der Waals surface area contributed by atoms with Gasteiger partial charge in [0.25, 0.3) is 0 Å². The SMILES string of the molecule is CC1CCCCCC1n1nnnc1-c1cc(N)cc(N)c1. The summed E-state index contributed by atoms with van der Waals surface area (Å²) in [4.78, 5) is 0. The number of hydrogen-bond donors (Lipinski definition) is 2. The van der Waals surface area contributed by atoms with Gasteiger partial charge in [-0.3, -0.25) is 0 Å². The van der Waals surface area contributed by atoms with E-state index < -0.39 is 0 Å². The number of benzene rings is 1. The van der Waals surface area contributed by atoms with Gasteiger partial charge in [0, 0.05) is 16.9 Å². The largest absolute Gasteiger partial charge is 0.399 e. The third kappa shape index (κ3) is 2.84. The molecule has 3 rings (SSSR count). The van der Waals surface area contributed by atoms with E-state index >= 15 is 0 Å². The van der Waals surface area contributed by atoms with Crippen LogP contribution in [0.15, 0.2) is 18.2 Å². The molecule has 0 aliphatic heterocycles. The van der Waals surface area contributed by atoms with E-state index in [0.29, 0.717) is 23.3 Å². The van der Waals surface area contributed by atoms with Gasteiger partial charge in [-0.25, -0.2) is 4.68 Å². The molecule has 21 heavy (non-hydrogen) atoms. The summed E-state index contributed by atoms with van der Waals surface area (Å²) in [6.07, 6.45) is 6.16. The molecule has 0 radical (unpaired) electrons. The van der Waals surface area contributed by atoms with Gasteiger partial charge < -0.3 is 11.5 Å². The van der Waals surface area contributed by atoms with E-state index in [-0.39, 0.29) is 0 Å². The second-order valence-corrected chi connectivity index (χ2v) is 6.02. The van der Waals surface area contributed by atoms with Crippen LogP contribution in [0.2, 0.25) is 0 Å². The van der Waals surface area contributed by atoms with E-state index in [4.69, 9.17) is 11.5 Å². The summed E-state index contributed by atoms with van der Waals surface area (Å²) >= 11 is 0. The molecular formula is C15H22N6. The van der Waals surface area contributed by atoms with Crippen molar-refractivity contribution < 1.29 is 0 Å². The molecule has 1 aliphatic rings. The van der Waals surface area contributed by atoms with Crippen molar-refractivity contribution in [1.82, 2.24) is 20.2 Å². The highest BCUT2D eigenvalue weighted by Gasteiger charge is 2.25. The molecule has 6 heteroatoms. The van der Waals surface area contributed by atoms with Crippen LogP contribution in [-0.2, 0) is 0 Å². The lowest BCUT2D eigenvalue weighted by atomic mass is 9.97. The Morgan fingerprint density at radius 2 is 1.76 bits per heavy atom. The highest BCUT2D eigenvalue weighted by atomic mass is 15.5. The number of hydrogen-bond acceptors (Lipinski definition) is 5. The minimum atomic E-state index is 0.347. The van der Waals surface area contributed by atoms with Gasteiger partial charge in [-0.1, -0.05) is 26.2 Å². The molecule has 1 heterocycles. The average molecular weight is 286 g/mol. The van der Waals surface area contributed by atoms with Crippen LogP contribution >= 0.6 is 0 Å². The quantitative estimate of drug-likeness (QED) is 0.653. The summed E-state index contributed by atoms with van der Waals surface area (Å²) in [5, 5.41) is 12.3. The van der Waals surface area contributed by atoms with Gasteiger partial charge in [0.1, 0.15) is 0 Å². The molecule has 0 bridgehead atoms. The smallest absolute Gasteiger partial charge is 0.182 e. The molecule has 2 aromatic rings. The second-order valence-electron chi connectivity index (χ2n) is 6.02. The lowest BCUT2D eigenvalue weighted by Gasteiger charge is -2.22. The van der Waals surface area contributed by atoms with Crippen molar-refractivity contribution in [3.63, 3.8) is 0 Å². The average Bonchev–Trinajstić information content (AvgIpc) is 2.81. The maximum Gasteiger partial charge on any atom is 0.182 e. The summed E-state index contributed by atoms with van der Waals surface area (Å²) in [7, 11) is 0. The van der Waals surface area contributed by atoms with Crippen molar-refractivity contribution in [1.29, 1.82) is 0 Å². The minimum Gasteiger partial charge on any atom is -0.399 e. The molecular weight excluding hydrogens is 264 g/mol. The third-order valence-electron chi connectivity index (χ3n) is 4.36. The molecule has 112 valence electrons. The van der Waals surface area contributed by atoms with Crippen LogP contribution in [0.5, 0.6) is 0 Å². The maximum atomic E-state index is 5.89. The van der Waals surface area contributed by atoms with Crippen molar-refractivity contribution >= 4 is 11.4 Å². The normalized spacial score (nSPS) is 22.9. The van der Waals surface area contributed by atoms with E-state index in [9.17, 15) is 0 Å². The molecule has 1 saturated carbocycles. The summed E-state index contributed by atoms with van der Waals surface area (Å²) < 4.78 is 1.96. The Balaban J connectivity index is 2.00. The fraction of sp³-hybridized carbons (Fsp3) is 0.533. The Morgan fingerprint density at radius 1 is 1.05 bits per heavy atom. The number of aromatic nitrogens is 4. The summed E-state index contributed by atoms with van der Waals surface area (Å²) in [6, 6.07) is 5.84. The zero-order chi connectivity index (χ0) is 14.8. The predicted octanol–water partition coefficient (Wildman–Crippen LogP) is 2.65. The molecule has 1 aromatic heterocycles. The summed E-state index contributed by atoms with van der Waals surface area (Å²) in [5.74, 6) is 1.33. The maximum absolute atomic E-state index is 5.89. The first kappa shape index (κ1) is 13.9. The predicted molar refractivity (Wildman–Crippen MR) is 83.4 cm³/mol. The minimum absolute atomic E-state index is 0.347. The summed E-state index contributed by atoms with van der Waals surface area (Å²) in [5.41, 5.74) is 13.9. The molecule has 2 atom stereocenters. The Hall–Kier alpha value is -2.11. The zero-order valence-corrected chi connectivity index (χ0v) is 12.4. The Kier molecular flexibility index (Phi) is 3.77. The van der Waals surface area contributed by atoms with Gasteiger partial charge in [-0.2, -0.15) is 0 Å². The van der Waals surface area contributed by atoms with Gasteiger partial charge in [0.05, 0.1) is 6.04 Å². The van der Waals surface area contributed by atoms with Crippen LogP contribution in [0.3, 0.4) is 0 Å². The van der Waals surface area contributed by atoms with Crippen LogP contribution in [0.4, 0.5) is 11.4 Å². The lowest BCUT2D eigenvalue weighted by molar-refractivity contribution is 0.306. The Bertz CT molecular complexity index is 600. The first-order valence-corrected chi connectivity index (χ1v) is 7.59. The van der Waals surface area contributed by atoms with Crippen LogP contribution in [0.1, 0.15) is 45.1 Å². The molecule has 0 amide bonds. The highest BCUT2D eigenvalue weighted by Crippen LogP contribution is 2.34. The third-order valence-corrected chi connectivity index (χ3v) is 4.36. The van der Waals surface area contributed by atoms with Gasteiger partial charge >= 0.3 is 0 Å². The first-order chi connectivity index (χ1) is 10.1. The highest BCUT2D eigenvalue weighted by molar-refractivity contribution is 5.67. The van der Waals surface area contributed by atoms with E-state index in [0.717, 1.165) is 17.8 Å². The molecule has 1 fully saturated rings.